The van der Waals surface area contributed by atoms with E-state index in [9.17, 15) is 17.6 Å². The lowest BCUT2D eigenvalue weighted by Gasteiger charge is -2.38. The monoisotopic (exact) mass is 481 g/mol. The van der Waals surface area contributed by atoms with E-state index in [0.717, 1.165) is 31.6 Å². The van der Waals surface area contributed by atoms with E-state index in [1.54, 1.807) is 37.9 Å². The van der Waals surface area contributed by atoms with Gasteiger partial charge in [-0.3, -0.25) is 4.79 Å². The highest BCUT2D eigenvalue weighted by atomic mass is 35.5. The summed E-state index contributed by atoms with van der Waals surface area (Å²) >= 11 is 6.29. The van der Waals surface area contributed by atoms with Gasteiger partial charge in [-0.15, -0.1) is 0 Å². The summed E-state index contributed by atoms with van der Waals surface area (Å²) in [5.74, 6) is -0.567. The number of rotatable bonds is 7. The van der Waals surface area contributed by atoms with Gasteiger partial charge in [0.1, 0.15) is 5.82 Å². The molecule has 0 bridgehead atoms. The molecule has 2 aromatic carbocycles. The first kappa shape index (κ1) is 24.5. The minimum absolute atomic E-state index is 0.00156. The number of halogens is 2. The van der Waals surface area contributed by atoms with Crippen molar-refractivity contribution in [3.63, 3.8) is 0 Å². The van der Waals surface area contributed by atoms with Crippen LogP contribution in [0.1, 0.15) is 37.0 Å². The van der Waals surface area contributed by atoms with Crippen LogP contribution in [0.15, 0.2) is 47.4 Å². The molecule has 1 heterocycles. The average Bonchev–Trinajstić information content (AvgIpc) is 2.79. The molecule has 1 amide bonds. The Bertz CT molecular complexity index is 1050. The van der Waals surface area contributed by atoms with E-state index in [1.807, 2.05) is 0 Å². The molecule has 2 aromatic rings. The van der Waals surface area contributed by atoms with Crippen LogP contribution in [0.4, 0.5) is 10.1 Å². The second-order valence-corrected chi connectivity index (χ2v) is 10.2. The van der Waals surface area contributed by atoms with Crippen LogP contribution in [0.2, 0.25) is 5.02 Å². The van der Waals surface area contributed by atoms with E-state index in [2.05, 4.69) is 4.90 Å². The Labute approximate surface area is 194 Å². The first-order valence-electron chi connectivity index (χ1n) is 10.8. The topological polar surface area (TPSA) is 60.9 Å². The van der Waals surface area contributed by atoms with Crippen molar-refractivity contribution in [3.05, 3.63) is 58.9 Å². The molecule has 32 heavy (non-hydrogen) atoms. The summed E-state index contributed by atoms with van der Waals surface area (Å²) in [5.41, 5.74) is 1.14. The second kappa shape index (κ2) is 10.2. The number of benzene rings is 2. The molecule has 0 saturated carbocycles. The zero-order chi connectivity index (χ0) is 23.5. The standard InChI is InChI=1S/C23H29ClFN3O3S/c1-4-28(5-2)32(30,31)20-10-11-22(24)21(16-20)23(29)26(3)18-12-14-27(15-13-18)19-8-6-17(25)7-9-19/h6-11,16,18H,4-5,12-15H2,1-3H3. The summed E-state index contributed by atoms with van der Waals surface area (Å²) in [6.07, 6.45) is 1.49. The van der Waals surface area contributed by atoms with E-state index >= 15 is 0 Å². The fourth-order valence-electron chi connectivity index (χ4n) is 4.06. The molecule has 0 radical (unpaired) electrons. The summed E-state index contributed by atoms with van der Waals surface area (Å²) < 4.78 is 40.3. The van der Waals surface area contributed by atoms with Gasteiger partial charge in [0.2, 0.25) is 10.0 Å². The Morgan fingerprint density at radius 2 is 1.69 bits per heavy atom. The maximum atomic E-state index is 13.2. The number of piperidine rings is 1. The summed E-state index contributed by atoms with van der Waals surface area (Å²) in [5, 5.41) is 0.226. The Morgan fingerprint density at radius 1 is 1.09 bits per heavy atom. The lowest BCUT2D eigenvalue weighted by Crippen LogP contribution is -2.45. The molecule has 1 aliphatic rings. The predicted molar refractivity (Wildman–Crippen MR) is 125 cm³/mol. The van der Waals surface area contributed by atoms with Crippen LogP contribution in [0.3, 0.4) is 0 Å². The van der Waals surface area contributed by atoms with Gasteiger partial charge in [0.25, 0.3) is 5.91 Å². The van der Waals surface area contributed by atoms with Crippen LogP contribution in [0.25, 0.3) is 0 Å². The molecule has 174 valence electrons. The number of hydrogen-bond donors (Lipinski definition) is 0. The molecule has 0 atom stereocenters. The van der Waals surface area contributed by atoms with Gasteiger partial charge in [-0.1, -0.05) is 25.4 Å². The number of amides is 1. The van der Waals surface area contributed by atoms with Gasteiger partial charge in [-0.05, 0) is 55.3 Å². The van der Waals surface area contributed by atoms with Crippen molar-refractivity contribution in [1.82, 2.24) is 9.21 Å². The van der Waals surface area contributed by atoms with Crippen LogP contribution in [0.5, 0.6) is 0 Å². The number of nitrogens with zero attached hydrogens (tertiary/aromatic N) is 3. The van der Waals surface area contributed by atoms with Crippen molar-refractivity contribution in [2.45, 2.75) is 37.6 Å². The summed E-state index contributed by atoms with van der Waals surface area (Å²) in [4.78, 5) is 17.1. The Morgan fingerprint density at radius 3 is 2.25 bits per heavy atom. The highest BCUT2D eigenvalue weighted by molar-refractivity contribution is 7.89. The Hall–Kier alpha value is -2.16. The number of carbonyl (C=O) groups excluding carboxylic acids is 1. The third-order valence-corrected chi connectivity index (χ3v) is 8.41. The molecule has 0 N–H and O–H groups in total. The SMILES string of the molecule is CCN(CC)S(=O)(=O)c1ccc(Cl)c(C(=O)N(C)C2CCN(c3ccc(F)cc3)CC2)c1. The number of carbonyl (C=O) groups is 1. The van der Waals surface area contributed by atoms with Crippen molar-refractivity contribution >= 4 is 33.2 Å². The fourth-order valence-corrected chi connectivity index (χ4v) is 5.74. The third kappa shape index (κ3) is 5.08. The summed E-state index contributed by atoms with van der Waals surface area (Å²) in [6, 6.07) is 10.7. The number of hydrogen-bond acceptors (Lipinski definition) is 4. The zero-order valence-electron chi connectivity index (χ0n) is 18.6. The molecular weight excluding hydrogens is 453 g/mol. The van der Waals surface area contributed by atoms with Crippen molar-refractivity contribution in [2.24, 2.45) is 0 Å². The minimum atomic E-state index is -3.69. The Balaban J connectivity index is 1.74. The summed E-state index contributed by atoms with van der Waals surface area (Å²) in [6.45, 7) is 5.70. The molecule has 6 nitrogen and oxygen atoms in total. The largest absolute Gasteiger partial charge is 0.371 e. The van der Waals surface area contributed by atoms with Gasteiger partial charge < -0.3 is 9.80 Å². The number of sulfonamides is 1. The maximum absolute atomic E-state index is 13.2. The molecule has 1 saturated heterocycles. The van der Waals surface area contributed by atoms with E-state index in [0.29, 0.717) is 13.1 Å². The lowest BCUT2D eigenvalue weighted by molar-refractivity contribution is 0.0709. The molecular formula is C23H29ClFN3O3S. The Kier molecular flexibility index (Phi) is 7.79. The van der Waals surface area contributed by atoms with Gasteiger partial charge in [-0.25, -0.2) is 12.8 Å². The molecule has 1 fully saturated rings. The van der Waals surface area contributed by atoms with Crippen LogP contribution in [-0.4, -0.2) is 62.8 Å². The molecule has 0 unspecified atom stereocenters. The lowest BCUT2D eigenvalue weighted by atomic mass is 10.0. The maximum Gasteiger partial charge on any atom is 0.255 e. The first-order valence-corrected chi connectivity index (χ1v) is 12.6. The number of anilines is 1. The molecule has 1 aliphatic heterocycles. The van der Waals surface area contributed by atoms with Crippen molar-refractivity contribution in [2.75, 3.05) is 38.1 Å². The first-order chi connectivity index (χ1) is 15.2. The molecule has 0 spiro atoms. The van der Waals surface area contributed by atoms with Crippen molar-refractivity contribution in [3.8, 4) is 0 Å². The fraction of sp³-hybridized carbons (Fsp3) is 0.435. The third-order valence-electron chi connectivity index (χ3n) is 6.04. The van der Waals surface area contributed by atoms with Gasteiger partial charge in [-0.2, -0.15) is 4.31 Å². The molecule has 0 aliphatic carbocycles. The van der Waals surface area contributed by atoms with Gasteiger partial charge >= 0.3 is 0 Å². The minimum Gasteiger partial charge on any atom is -0.371 e. The summed E-state index contributed by atoms with van der Waals surface area (Å²) in [7, 11) is -1.97. The molecule has 9 heteroatoms. The van der Waals surface area contributed by atoms with E-state index in [-0.39, 0.29) is 33.2 Å². The van der Waals surface area contributed by atoms with Gasteiger partial charge in [0.15, 0.2) is 0 Å². The highest BCUT2D eigenvalue weighted by Gasteiger charge is 2.29. The smallest absolute Gasteiger partial charge is 0.255 e. The average molecular weight is 482 g/mol. The van der Waals surface area contributed by atoms with E-state index in [4.69, 9.17) is 11.6 Å². The van der Waals surface area contributed by atoms with Gasteiger partial charge in [0, 0.05) is 45.0 Å². The van der Waals surface area contributed by atoms with Crippen LogP contribution < -0.4 is 4.90 Å². The molecule has 0 aromatic heterocycles. The van der Waals surface area contributed by atoms with E-state index in [1.165, 1.54) is 34.6 Å². The quantitative estimate of drug-likeness (QED) is 0.593. The predicted octanol–water partition coefficient (Wildman–Crippen LogP) is 4.25. The normalized spacial score (nSPS) is 15.2. The van der Waals surface area contributed by atoms with E-state index < -0.39 is 10.0 Å². The van der Waals surface area contributed by atoms with Crippen LogP contribution in [-0.2, 0) is 10.0 Å². The van der Waals surface area contributed by atoms with Gasteiger partial charge in [0.05, 0.1) is 15.5 Å². The highest BCUT2D eigenvalue weighted by Crippen LogP contribution is 2.27. The van der Waals surface area contributed by atoms with Crippen molar-refractivity contribution in [1.29, 1.82) is 0 Å². The molecule has 3 rings (SSSR count). The second-order valence-electron chi connectivity index (χ2n) is 7.84. The van der Waals surface area contributed by atoms with Crippen molar-refractivity contribution < 1.29 is 17.6 Å². The van der Waals surface area contributed by atoms with Crippen LogP contribution >= 0.6 is 11.6 Å². The van der Waals surface area contributed by atoms with Crippen LogP contribution in [0, 0.1) is 5.82 Å². The zero-order valence-corrected chi connectivity index (χ0v) is 20.2.